The SMILES string of the molecule is CC(C)Oc1ccc(C(=O)c2ccc(F)cc2Br)cc1. The maximum absolute atomic E-state index is 13.0. The molecule has 0 bridgehead atoms. The second-order valence-electron chi connectivity index (χ2n) is 4.64. The smallest absolute Gasteiger partial charge is 0.194 e. The highest BCUT2D eigenvalue weighted by Gasteiger charge is 2.13. The lowest BCUT2D eigenvalue weighted by Gasteiger charge is -2.10. The molecule has 0 aliphatic rings. The Bertz CT molecular complexity index is 621. The summed E-state index contributed by atoms with van der Waals surface area (Å²) in [4.78, 5) is 12.3. The third-order valence-corrected chi connectivity index (χ3v) is 3.32. The van der Waals surface area contributed by atoms with E-state index in [9.17, 15) is 9.18 Å². The lowest BCUT2D eigenvalue weighted by Crippen LogP contribution is -2.06. The Morgan fingerprint density at radius 1 is 1.15 bits per heavy atom. The maximum Gasteiger partial charge on any atom is 0.194 e. The minimum Gasteiger partial charge on any atom is -0.491 e. The van der Waals surface area contributed by atoms with Gasteiger partial charge in [-0.05, 0) is 72.2 Å². The van der Waals surface area contributed by atoms with Gasteiger partial charge >= 0.3 is 0 Å². The largest absolute Gasteiger partial charge is 0.491 e. The molecule has 0 N–H and O–H groups in total. The van der Waals surface area contributed by atoms with E-state index in [1.54, 1.807) is 24.3 Å². The first-order chi connectivity index (χ1) is 9.47. The molecule has 0 saturated carbocycles. The van der Waals surface area contributed by atoms with Crippen LogP contribution in [-0.4, -0.2) is 11.9 Å². The molecular formula is C16H14BrFO2. The van der Waals surface area contributed by atoms with Crippen LogP contribution in [0.15, 0.2) is 46.9 Å². The van der Waals surface area contributed by atoms with Gasteiger partial charge in [-0.15, -0.1) is 0 Å². The Balaban J connectivity index is 2.25. The number of carbonyl (C=O) groups is 1. The molecule has 0 atom stereocenters. The van der Waals surface area contributed by atoms with E-state index < -0.39 is 0 Å². The van der Waals surface area contributed by atoms with E-state index in [4.69, 9.17) is 4.74 Å². The number of rotatable bonds is 4. The van der Waals surface area contributed by atoms with Crippen LogP contribution in [0.2, 0.25) is 0 Å². The molecule has 4 heteroatoms. The third-order valence-electron chi connectivity index (χ3n) is 2.66. The summed E-state index contributed by atoms with van der Waals surface area (Å²) in [6.07, 6.45) is 0.0859. The highest BCUT2D eigenvalue weighted by Crippen LogP contribution is 2.22. The van der Waals surface area contributed by atoms with Gasteiger partial charge in [0.15, 0.2) is 5.78 Å². The van der Waals surface area contributed by atoms with Crippen LogP contribution < -0.4 is 4.74 Å². The molecule has 2 aromatic carbocycles. The van der Waals surface area contributed by atoms with E-state index in [-0.39, 0.29) is 17.7 Å². The van der Waals surface area contributed by atoms with E-state index in [2.05, 4.69) is 15.9 Å². The van der Waals surface area contributed by atoms with Crippen LogP contribution in [-0.2, 0) is 0 Å². The topological polar surface area (TPSA) is 26.3 Å². The molecule has 0 unspecified atom stereocenters. The summed E-state index contributed by atoms with van der Waals surface area (Å²) in [7, 11) is 0. The van der Waals surface area contributed by atoms with Gasteiger partial charge in [-0.25, -0.2) is 4.39 Å². The molecule has 0 saturated heterocycles. The number of ether oxygens (including phenoxy) is 1. The van der Waals surface area contributed by atoms with Gasteiger partial charge in [-0.2, -0.15) is 0 Å². The van der Waals surface area contributed by atoms with Crippen LogP contribution >= 0.6 is 15.9 Å². The monoisotopic (exact) mass is 336 g/mol. The molecule has 0 radical (unpaired) electrons. The van der Waals surface area contributed by atoms with Crippen molar-refractivity contribution >= 4 is 21.7 Å². The number of halogens is 2. The Labute approximate surface area is 125 Å². The van der Waals surface area contributed by atoms with Crippen molar-refractivity contribution in [3.05, 3.63) is 63.9 Å². The molecule has 0 aliphatic heterocycles. The zero-order chi connectivity index (χ0) is 14.7. The van der Waals surface area contributed by atoms with E-state index in [1.165, 1.54) is 18.2 Å². The van der Waals surface area contributed by atoms with Crippen LogP contribution in [0.5, 0.6) is 5.75 Å². The fraction of sp³-hybridized carbons (Fsp3) is 0.188. The van der Waals surface area contributed by atoms with Crippen LogP contribution in [0.25, 0.3) is 0 Å². The van der Waals surface area contributed by atoms with Crippen molar-refractivity contribution in [3.8, 4) is 5.75 Å². The molecule has 104 valence electrons. The lowest BCUT2D eigenvalue weighted by atomic mass is 10.0. The normalized spacial score (nSPS) is 10.7. The lowest BCUT2D eigenvalue weighted by molar-refractivity contribution is 0.103. The van der Waals surface area contributed by atoms with Gasteiger partial charge in [-0.1, -0.05) is 0 Å². The van der Waals surface area contributed by atoms with Crippen LogP contribution in [0, 0.1) is 5.82 Å². The molecule has 2 nitrogen and oxygen atoms in total. The molecule has 0 heterocycles. The second kappa shape index (κ2) is 6.18. The predicted octanol–water partition coefficient (Wildman–Crippen LogP) is 4.61. The zero-order valence-corrected chi connectivity index (χ0v) is 12.8. The Hall–Kier alpha value is -1.68. The third kappa shape index (κ3) is 3.45. The van der Waals surface area contributed by atoms with E-state index >= 15 is 0 Å². The summed E-state index contributed by atoms with van der Waals surface area (Å²) in [6.45, 7) is 3.88. The second-order valence-corrected chi connectivity index (χ2v) is 5.50. The van der Waals surface area contributed by atoms with Gasteiger partial charge in [0.25, 0.3) is 0 Å². The van der Waals surface area contributed by atoms with Gasteiger partial charge in [0.2, 0.25) is 0 Å². The fourth-order valence-electron chi connectivity index (χ4n) is 1.79. The highest BCUT2D eigenvalue weighted by molar-refractivity contribution is 9.10. The first kappa shape index (κ1) is 14.7. The van der Waals surface area contributed by atoms with Crippen molar-refractivity contribution in [1.82, 2.24) is 0 Å². The van der Waals surface area contributed by atoms with Crippen molar-refractivity contribution in [2.24, 2.45) is 0 Å². The van der Waals surface area contributed by atoms with Gasteiger partial charge in [0.05, 0.1) is 6.10 Å². The van der Waals surface area contributed by atoms with Crippen LogP contribution in [0.4, 0.5) is 4.39 Å². The number of hydrogen-bond donors (Lipinski definition) is 0. The molecule has 0 aliphatic carbocycles. The average molecular weight is 337 g/mol. The van der Waals surface area contributed by atoms with Crippen molar-refractivity contribution in [2.75, 3.05) is 0 Å². The van der Waals surface area contributed by atoms with Crippen LogP contribution in [0.1, 0.15) is 29.8 Å². The summed E-state index contributed by atoms with van der Waals surface area (Å²) < 4.78 is 19.0. The minimum absolute atomic E-state index is 0.0859. The molecule has 2 rings (SSSR count). The van der Waals surface area contributed by atoms with Gasteiger partial charge in [0, 0.05) is 15.6 Å². The van der Waals surface area contributed by atoms with E-state index in [0.717, 1.165) is 5.75 Å². The Kier molecular flexibility index (Phi) is 4.55. The van der Waals surface area contributed by atoms with E-state index in [1.807, 2.05) is 13.8 Å². The molecule has 0 fully saturated rings. The Morgan fingerprint density at radius 2 is 1.80 bits per heavy atom. The predicted molar refractivity (Wildman–Crippen MR) is 79.7 cm³/mol. The van der Waals surface area contributed by atoms with E-state index in [0.29, 0.717) is 15.6 Å². The van der Waals surface area contributed by atoms with Gasteiger partial charge in [0.1, 0.15) is 11.6 Å². The molecule has 20 heavy (non-hydrogen) atoms. The molecule has 0 spiro atoms. The molecule has 2 aromatic rings. The van der Waals surface area contributed by atoms with Crippen molar-refractivity contribution in [2.45, 2.75) is 20.0 Å². The minimum atomic E-state index is -0.380. The number of hydrogen-bond acceptors (Lipinski definition) is 2. The van der Waals surface area contributed by atoms with Gasteiger partial charge < -0.3 is 4.74 Å². The molecule has 0 aromatic heterocycles. The quantitative estimate of drug-likeness (QED) is 0.762. The molecular weight excluding hydrogens is 323 g/mol. The highest BCUT2D eigenvalue weighted by atomic mass is 79.9. The zero-order valence-electron chi connectivity index (χ0n) is 11.2. The van der Waals surface area contributed by atoms with Gasteiger partial charge in [-0.3, -0.25) is 4.79 Å². The molecule has 0 amide bonds. The summed E-state index contributed by atoms with van der Waals surface area (Å²) in [5.41, 5.74) is 0.970. The average Bonchev–Trinajstić information content (AvgIpc) is 2.38. The van der Waals surface area contributed by atoms with Crippen LogP contribution in [0.3, 0.4) is 0 Å². The standard InChI is InChI=1S/C16H14BrFO2/c1-10(2)20-13-6-3-11(4-7-13)16(19)14-8-5-12(18)9-15(14)17/h3-10H,1-2H3. The first-order valence-corrected chi connectivity index (χ1v) is 7.03. The number of benzene rings is 2. The van der Waals surface area contributed by atoms with Crippen molar-refractivity contribution < 1.29 is 13.9 Å². The summed E-state index contributed by atoms with van der Waals surface area (Å²) in [6, 6.07) is 10.9. The fourth-order valence-corrected chi connectivity index (χ4v) is 2.32. The van der Waals surface area contributed by atoms with Crippen molar-refractivity contribution in [1.29, 1.82) is 0 Å². The number of carbonyl (C=O) groups excluding carboxylic acids is 1. The summed E-state index contributed by atoms with van der Waals surface area (Å²) >= 11 is 3.21. The maximum atomic E-state index is 13.0. The first-order valence-electron chi connectivity index (χ1n) is 6.24. The Morgan fingerprint density at radius 3 is 2.35 bits per heavy atom. The summed E-state index contributed by atoms with van der Waals surface area (Å²) in [5, 5.41) is 0. The summed E-state index contributed by atoms with van der Waals surface area (Å²) in [5.74, 6) is 0.178. The van der Waals surface area contributed by atoms with Crippen molar-refractivity contribution in [3.63, 3.8) is 0 Å². The number of ketones is 1.